The van der Waals surface area contributed by atoms with Gasteiger partial charge in [0, 0.05) is 32.6 Å². The monoisotopic (exact) mass is 392 g/mol. The van der Waals surface area contributed by atoms with Crippen molar-refractivity contribution in [3.05, 3.63) is 30.1 Å². The number of aromatic nitrogens is 1. The van der Waals surface area contributed by atoms with E-state index in [1.54, 1.807) is 18.3 Å². The lowest BCUT2D eigenvalue weighted by Crippen LogP contribution is -2.63. The number of nitrogens with one attached hydrogen (secondary N) is 1. The molecule has 2 rings (SSSR count). The number of carbonyl (C=O) groups is 4. The molecule has 0 bridgehead atoms. The second-order valence-corrected chi connectivity index (χ2v) is 6.28. The standard InChI is InChI=1S/C18H24N4O6/c1-12(18(26)28-3)20-16(24)14-10-21(7-8-22(14)15(23)11-27-2)17(25)13-5-4-6-19-9-13/h4-6,9,12,14H,7-8,10-11H2,1-3H3,(H,20,24)/t12-,14-/m1/s1. The molecule has 0 aliphatic carbocycles. The van der Waals surface area contributed by atoms with Crippen LogP contribution in [-0.2, 0) is 23.9 Å². The lowest BCUT2D eigenvalue weighted by molar-refractivity contribution is -0.149. The Morgan fingerprint density at radius 1 is 1.29 bits per heavy atom. The van der Waals surface area contributed by atoms with Crippen molar-refractivity contribution in [3.8, 4) is 0 Å². The Kier molecular flexibility index (Phi) is 7.44. The highest BCUT2D eigenvalue weighted by atomic mass is 16.5. The lowest BCUT2D eigenvalue weighted by Gasteiger charge is -2.40. The maximum Gasteiger partial charge on any atom is 0.328 e. The molecule has 1 aromatic rings. The molecule has 2 atom stereocenters. The SMILES string of the molecule is COCC(=O)N1CCN(C(=O)c2cccnc2)C[C@@H]1C(=O)N[C@H](C)C(=O)OC. The first kappa shape index (κ1) is 21.3. The Bertz CT molecular complexity index is 726. The molecule has 2 heterocycles. The van der Waals surface area contributed by atoms with Gasteiger partial charge in [0.25, 0.3) is 5.91 Å². The van der Waals surface area contributed by atoms with Gasteiger partial charge in [-0.25, -0.2) is 4.79 Å². The van der Waals surface area contributed by atoms with Crippen molar-refractivity contribution in [1.29, 1.82) is 0 Å². The third kappa shape index (κ3) is 5.03. The lowest BCUT2D eigenvalue weighted by atomic mass is 10.1. The van der Waals surface area contributed by atoms with Gasteiger partial charge in [-0.05, 0) is 19.1 Å². The molecule has 10 heteroatoms. The average molecular weight is 392 g/mol. The molecule has 1 saturated heterocycles. The van der Waals surface area contributed by atoms with E-state index in [2.05, 4.69) is 15.0 Å². The molecule has 1 fully saturated rings. The number of amides is 3. The molecule has 0 unspecified atom stereocenters. The van der Waals surface area contributed by atoms with Crippen molar-refractivity contribution < 1.29 is 28.7 Å². The molecule has 0 saturated carbocycles. The predicted octanol–water partition coefficient (Wildman–Crippen LogP) is -0.941. The Hall–Kier alpha value is -3.01. The van der Waals surface area contributed by atoms with Crippen LogP contribution in [0, 0.1) is 0 Å². The van der Waals surface area contributed by atoms with Crippen molar-refractivity contribution in [3.63, 3.8) is 0 Å². The maximum absolute atomic E-state index is 12.7. The number of methoxy groups -OCH3 is 2. The first-order valence-corrected chi connectivity index (χ1v) is 8.75. The number of nitrogens with zero attached hydrogens (tertiary/aromatic N) is 3. The van der Waals surface area contributed by atoms with Crippen LogP contribution >= 0.6 is 0 Å². The Balaban J connectivity index is 2.18. The van der Waals surface area contributed by atoms with Crippen molar-refractivity contribution in [2.45, 2.75) is 19.0 Å². The minimum absolute atomic E-state index is 0.0110. The molecular formula is C18H24N4O6. The first-order chi connectivity index (χ1) is 13.4. The molecule has 152 valence electrons. The minimum atomic E-state index is -0.955. The minimum Gasteiger partial charge on any atom is -0.467 e. The van der Waals surface area contributed by atoms with Crippen molar-refractivity contribution >= 4 is 23.7 Å². The molecule has 10 nitrogen and oxygen atoms in total. The molecule has 1 N–H and O–H groups in total. The number of hydrogen-bond donors (Lipinski definition) is 1. The summed E-state index contributed by atoms with van der Waals surface area (Å²) < 4.78 is 9.48. The van der Waals surface area contributed by atoms with Crippen LogP contribution in [0.5, 0.6) is 0 Å². The zero-order chi connectivity index (χ0) is 20.7. The van der Waals surface area contributed by atoms with Crippen LogP contribution in [0.15, 0.2) is 24.5 Å². The normalized spacial score (nSPS) is 17.6. The zero-order valence-corrected chi connectivity index (χ0v) is 16.1. The van der Waals surface area contributed by atoms with Crippen molar-refractivity contribution in [2.75, 3.05) is 40.5 Å². The maximum atomic E-state index is 12.7. The fraction of sp³-hybridized carbons (Fsp3) is 0.500. The molecule has 3 amide bonds. The summed E-state index contributed by atoms with van der Waals surface area (Å²) in [5, 5.41) is 2.53. The summed E-state index contributed by atoms with van der Waals surface area (Å²) in [5.74, 6) is -1.82. The number of carbonyl (C=O) groups excluding carboxylic acids is 4. The molecule has 1 aliphatic heterocycles. The first-order valence-electron chi connectivity index (χ1n) is 8.75. The highest BCUT2D eigenvalue weighted by molar-refractivity contribution is 5.96. The fourth-order valence-corrected chi connectivity index (χ4v) is 2.91. The van der Waals surface area contributed by atoms with Crippen LogP contribution < -0.4 is 5.32 Å². The van der Waals surface area contributed by atoms with Gasteiger partial charge in [-0.2, -0.15) is 0 Å². The van der Waals surface area contributed by atoms with E-state index in [-0.39, 0.29) is 38.1 Å². The van der Waals surface area contributed by atoms with E-state index in [0.717, 1.165) is 0 Å². The Morgan fingerprint density at radius 3 is 2.64 bits per heavy atom. The molecule has 1 aliphatic rings. The second-order valence-electron chi connectivity index (χ2n) is 6.28. The molecule has 28 heavy (non-hydrogen) atoms. The summed E-state index contributed by atoms with van der Waals surface area (Å²) >= 11 is 0. The summed E-state index contributed by atoms with van der Waals surface area (Å²) in [6.07, 6.45) is 3.00. The van der Waals surface area contributed by atoms with Crippen LogP contribution in [0.25, 0.3) is 0 Å². The van der Waals surface area contributed by atoms with Crippen LogP contribution in [0.2, 0.25) is 0 Å². The average Bonchev–Trinajstić information content (AvgIpc) is 2.72. The topological polar surface area (TPSA) is 118 Å². The van der Waals surface area contributed by atoms with Gasteiger partial charge in [-0.3, -0.25) is 19.4 Å². The smallest absolute Gasteiger partial charge is 0.328 e. The van der Waals surface area contributed by atoms with E-state index in [4.69, 9.17) is 4.74 Å². The van der Waals surface area contributed by atoms with E-state index >= 15 is 0 Å². The zero-order valence-electron chi connectivity index (χ0n) is 16.1. The summed E-state index contributed by atoms with van der Waals surface area (Å²) in [5.41, 5.74) is 0.390. The number of hydrogen-bond acceptors (Lipinski definition) is 7. The Labute approximate surface area is 162 Å². The van der Waals surface area contributed by atoms with Crippen LogP contribution in [-0.4, -0.2) is 91.0 Å². The number of esters is 1. The van der Waals surface area contributed by atoms with Gasteiger partial charge in [0.05, 0.1) is 19.2 Å². The van der Waals surface area contributed by atoms with Crippen molar-refractivity contribution in [1.82, 2.24) is 20.1 Å². The van der Waals surface area contributed by atoms with Crippen LogP contribution in [0.4, 0.5) is 0 Å². The third-order valence-corrected chi connectivity index (χ3v) is 4.38. The van der Waals surface area contributed by atoms with Gasteiger partial charge in [0.15, 0.2) is 0 Å². The molecule has 0 spiro atoms. The predicted molar refractivity (Wildman–Crippen MR) is 97.1 cm³/mol. The fourth-order valence-electron chi connectivity index (χ4n) is 2.91. The summed E-state index contributed by atoms with van der Waals surface area (Å²) in [4.78, 5) is 56.2. The van der Waals surface area contributed by atoms with E-state index < -0.39 is 24.0 Å². The third-order valence-electron chi connectivity index (χ3n) is 4.38. The van der Waals surface area contributed by atoms with E-state index in [1.807, 2.05) is 0 Å². The van der Waals surface area contributed by atoms with Crippen molar-refractivity contribution in [2.24, 2.45) is 0 Å². The molecule has 0 radical (unpaired) electrons. The molecule has 0 aromatic carbocycles. The van der Waals surface area contributed by atoms with Gasteiger partial charge in [0.1, 0.15) is 18.7 Å². The summed E-state index contributed by atoms with van der Waals surface area (Å²) in [6, 6.07) is 1.44. The number of ether oxygens (including phenoxy) is 2. The van der Waals surface area contributed by atoms with E-state index in [1.165, 1.54) is 37.1 Å². The van der Waals surface area contributed by atoms with Crippen LogP contribution in [0.1, 0.15) is 17.3 Å². The van der Waals surface area contributed by atoms with Gasteiger partial charge in [-0.15, -0.1) is 0 Å². The summed E-state index contributed by atoms with van der Waals surface area (Å²) in [6.45, 7) is 1.71. The second kappa shape index (κ2) is 9.79. The van der Waals surface area contributed by atoms with E-state index in [0.29, 0.717) is 5.56 Å². The largest absolute Gasteiger partial charge is 0.467 e. The molecule has 1 aromatic heterocycles. The van der Waals surface area contributed by atoms with Gasteiger partial charge < -0.3 is 24.6 Å². The quantitative estimate of drug-likeness (QED) is 0.621. The Morgan fingerprint density at radius 2 is 2.04 bits per heavy atom. The van der Waals surface area contributed by atoms with Gasteiger partial charge in [-0.1, -0.05) is 0 Å². The van der Waals surface area contributed by atoms with Crippen LogP contribution in [0.3, 0.4) is 0 Å². The van der Waals surface area contributed by atoms with Gasteiger partial charge >= 0.3 is 5.97 Å². The van der Waals surface area contributed by atoms with Gasteiger partial charge in [0.2, 0.25) is 11.8 Å². The molecular weight excluding hydrogens is 368 g/mol. The number of rotatable bonds is 6. The van der Waals surface area contributed by atoms with E-state index in [9.17, 15) is 19.2 Å². The number of pyridine rings is 1. The summed E-state index contributed by atoms with van der Waals surface area (Å²) in [7, 11) is 2.60. The highest BCUT2D eigenvalue weighted by Crippen LogP contribution is 2.14. The highest BCUT2D eigenvalue weighted by Gasteiger charge is 2.38. The number of piperazine rings is 1.